The first kappa shape index (κ1) is 20.4. The highest BCUT2D eigenvalue weighted by Crippen LogP contribution is 2.22. The van der Waals surface area contributed by atoms with Crippen molar-refractivity contribution in [3.8, 4) is 0 Å². The van der Waals surface area contributed by atoms with E-state index in [4.69, 9.17) is 0 Å². The Kier molecular flexibility index (Phi) is 7.17. The molecule has 6 nitrogen and oxygen atoms in total. The van der Waals surface area contributed by atoms with E-state index in [2.05, 4.69) is 12.2 Å². The molecule has 0 saturated carbocycles. The van der Waals surface area contributed by atoms with Crippen molar-refractivity contribution in [1.82, 2.24) is 9.80 Å². The molecule has 26 heavy (non-hydrogen) atoms. The van der Waals surface area contributed by atoms with Crippen molar-refractivity contribution in [2.75, 3.05) is 39.0 Å². The number of nitrogens with one attached hydrogen (secondary N) is 1. The second-order valence-electron chi connectivity index (χ2n) is 7.48. The molecule has 0 aromatic heterocycles. The largest absolute Gasteiger partial charge is 0.387 e. The van der Waals surface area contributed by atoms with Crippen molar-refractivity contribution in [1.29, 1.82) is 0 Å². The second kappa shape index (κ2) is 9.14. The van der Waals surface area contributed by atoms with Gasteiger partial charge in [-0.15, -0.1) is 0 Å². The summed E-state index contributed by atoms with van der Waals surface area (Å²) in [5, 5.41) is 13.5. The van der Waals surface area contributed by atoms with E-state index in [1.54, 1.807) is 4.90 Å². The molecule has 1 aliphatic rings. The van der Waals surface area contributed by atoms with Gasteiger partial charge >= 0.3 is 0 Å². The van der Waals surface area contributed by atoms with Crippen molar-refractivity contribution in [3.05, 3.63) is 29.8 Å². The average molecular weight is 361 g/mol. The number of carbonyl (C=O) groups is 2. The standard InChI is InChI=1S/C20H31N3O3/c1-4-16-7-5-8-17(13-16)21-18(24)9-10-19(25)23-12-6-11-20(26,15-23)14-22(2)3/h5,7-8,13,26H,4,6,9-12,14-15H2,1-3H3,(H,21,24). The summed E-state index contributed by atoms with van der Waals surface area (Å²) in [5.74, 6) is -0.230. The van der Waals surface area contributed by atoms with Crippen LogP contribution < -0.4 is 5.32 Å². The van der Waals surface area contributed by atoms with Gasteiger partial charge in [-0.3, -0.25) is 9.59 Å². The maximum Gasteiger partial charge on any atom is 0.224 e. The van der Waals surface area contributed by atoms with Crippen LogP contribution in [0.5, 0.6) is 0 Å². The Hall–Kier alpha value is -1.92. The number of likely N-dealkylation sites (N-methyl/N-ethyl adjacent to an activating group) is 1. The lowest BCUT2D eigenvalue weighted by Gasteiger charge is -2.40. The number of aliphatic hydroxyl groups is 1. The maximum atomic E-state index is 12.5. The van der Waals surface area contributed by atoms with E-state index in [1.165, 1.54) is 0 Å². The predicted molar refractivity (Wildman–Crippen MR) is 103 cm³/mol. The highest BCUT2D eigenvalue weighted by Gasteiger charge is 2.35. The summed E-state index contributed by atoms with van der Waals surface area (Å²) >= 11 is 0. The Balaban J connectivity index is 1.82. The number of hydrogen-bond donors (Lipinski definition) is 2. The Morgan fingerprint density at radius 1 is 1.31 bits per heavy atom. The van der Waals surface area contributed by atoms with Crippen molar-refractivity contribution < 1.29 is 14.7 Å². The molecular weight excluding hydrogens is 330 g/mol. The van der Waals surface area contributed by atoms with Gasteiger partial charge in [-0.05, 0) is 51.1 Å². The number of benzene rings is 1. The molecular formula is C20H31N3O3. The summed E-state index contributed by atoms with van der Waals surface area (Å²) < 4.78 is 0. The number of amides is 2. The summed E-state index contributed by atoms with van der Waals surface area (Å²) in [7, 11) is 3.83. The smallest absolute Gasteiger partial charge is 0.224 e. The third-order valence-corrected chi connectivity index (χ3v) is 4.70. The molecule has 1 aromatic rings. The molecule has 144 valence electrons. The predicted octanol–water partition coefficient (Wildman–Crippen LogP) is 1.88. The van der Waals surface area contributed by atoms with E-state index < -0.39 is 5.60 Å². The summed E-state index contributed by atoms with van der Waals surface area (Å²) in [4.78, 5) is 28.2. The zero-order valence-corrected chi connectivity index (χ0v) is 16.1. The van der Waals surface area contributed by atoms with Crippen LogP contribution in [0.1, 0.15) is 38.2 Å². The SMILES string of the molecule is CCc1cccc(NC(=O)CCC(=O)N2CCCC(O)(CN(C)C)C2)c1. The summed E-state index contributed by atoms with van der Waals surface area (Å²) in [5.41, 5.74) is 1.06. The molecule has 0 spiro atoms. The van der Waals surface area contributed by atoms with Gasteiger partial charge in [0.1, 0.15) is 0 Å². The van der Waals surface area contributed by atoms with Crippen LogP contribution in [0.3, 0.4) is 0 Å². The molecule has 1 saturated heterocycles. The number of nitrogens with zero attached hydrogens (tertiary/aromatic N) is 2. The first-order valence-electron chi connectivity index (χ1n) is 9.35. The van der Waals surface area contributed by atoms with E-state index in [-0.39, 0.29) is 24.7 Å². The van der Waals surface area contributed by atoms with Gasteiger partial charge in [-0.1, -0.05) is 19.1 Å². The van der Waals surface area contributed by atoms with Crippen LogP contribution in [0.15, 0.2) is 24.3 Å². The number of hydrogen-bond acceptors (Lipinski definition) is 4. The van der Waals surface area contributed by atoms with Crippen LogP contribution in [-0.2, 0) is 16.0 Å². The highest BCUT2D eigenvalue weighted by atomic mass is 16.3. The quantitative estimate of drug-likeness (QED) is 0.778. The Morgan fingerprint density at radius 3 is 2.77 bits per heavy atom. The van der Waals surface area contributed by atoms with Crippen molar-refractivity contribution >= 4 is 17.5 Å². The van der Waals surface area contributed by atoms with E-state index >= 15 is 0 Å². The molecule has 0 bridgehead atoms. The lowest BCUT2D eigenvalue weighted by atomic mass is 9.92. The van der Waals surface area contributed by atoms with Crippen molar-refractivity contribution in [3.63, 3.8) is 0 Å². The number of likely N-dealkylation sites (tertiary alicyclic amines) is 1. The number of β-amino-alcohol motifs (C(OH)–C–C–N with tert-alkyl or cyclic N) is 1. The molecule has 2 amide bonds. The van der Waals surface area contributed by atoms with Crippen LogP contribution in [0.2, 0.25) is 0 Å². The molecule has 1 fully saturated rings. The normalized spacial score (nSPS) is 20.3. The van der Waals surface area contributed by atoms with Gasteiger partial charge in [0, 0.05) is 31.6 Å². The average Bonchev–Trinajstić information content (AvgIpc) is 2.58. The number of carbonyl (C=O) groups excluding carboxylic acids is 2. The van der Waals surface area contributed by atoms with Crippen LogP contribution in [0.4, 0.5) is 5.69 Å². The van der Waals surface area contributed by atoms with Gasteiger partial charge in [0.15, 0.2) is 0 Å². The van der Waals surface area contributed by atoms with Crippen molar-refractivity contribution in [2.24, 2.45) is 0 Å². The fourth-order valence-corrected chi connectivity index (χ4v) is 3.51. The molecule has 1 unspecified atom stereocenters. The summed E-state index contributed by atoms with van der Waals surface area (Å²) in [6.07, 6.45) is 2.71. The van der Waals surface area contributed by atoms with E-state index in [9.17, 15) is 14.7 Å². The van der Waals surface area contributed by atoms with Gasteiger partial charge in [0.25, 0.3) is 0 Å². The lowest BCUT2D eigenvalue weighted by molar-refractivity contribution is -0.140. The molecule has 0 radical (unpaired) electrons. The first-order valence-corrected chi connectivity index (χ1v) is 9.35. The molecule has 1 aliphatic heterocycles. The van der Waals surface area contributed by atoms with Crippen LogP contribution >= 0.6 is 0 Å². The van der Waals surface area contributed by atoms with Gasteiger partial charge in [0.05, 0.1) is 12.1 Å². The Labute approximate surface area is 156 Å². The molecule has 1 atom stereocenters. The van der Waals surface area contributed by atoms with E-state index in [0.717, 1.165) is 24.1 Å². The number of piperidine rings is 1. The fraction of sp³-hybridized carbons (Fsp3) is 0.600. The molecule has 2 N–H and O–H groups in total. The monoisotopic (exact) mass is 361 g/mol. The summed E-state index contributed by atoms with van der Waals surface area (Å²) in [6, 6.07) is 7.74. The zero-order valence-electron chi connectivity index (χ0n) is 16.1. The number of aryl methyl sites for hydroxylation is 1. The highest BCUT2D eigenvalue weighted by molar-refractivity contribution is 5.93. The number of anilines is 1. The Morgan fingerprint density at radius 2 is 2.08 bits per heavy atom. The van der Waals surface area contributed by atoms with Crippen LogP contribution in [0.25, 0.3) is 0 Å². The fourth-order valence-electron chi connectivity index (χ4n) is 3.51. The van der Waals surface area contributed by atoms with Gasteiger partial charge in [0.2, 0.25) is 11.8 Å². The van der Waals surface area contributed by atoms with Crippen LogP contribution in [0, 0.1) is 0 Å². The maximum absolute atomic E-state index is 12.5. The molecule has 6 heteroatoms. The minimum absolute atomic E-state index is 0.0701. The Bertz CT molecular complexity index is 632. The molecule has 1 heterocycles. The minimum Gasteiger partial charge on any atom is -0.387 e. The second-order valence-corrected chi connectivity index (χ2v) is 7.48. The zero-order chi connectivity index (χ0) is 19.2. The van der Waals surface area contributed by atoms with Crippen molar-refractivity contribution in [2.45, 2.75) is 44.6 Å². The minimum atomic E-state index is -0.861. The molecule has 0 aliphatic carbocycles. The molecule has 2 rings (SSSR count). The van der Waals surface area contributed by atoms with Crippen LogP contribution in [-0.4, -0.2) is 66.1 Å². The van der Waals surface area contributed by atoms with E-state index in [1.807, 2.05) is 43.3 Å². The lowest BCUT2D eigenvalue weighted by Crippen LogP contribution is -2.54. The van der Waals surface area contributed by atoms with Gasteiger partial charge in [-0.25, -0.2) is 0 Å². The van der Waals surface area contributed by atoms with Gasteiger partial charge < -0.3 is 20.2 Å². The summed E-state index contributed by atoms with van der Waals surface area (Å²) in [6.45, 7) is 3.58. The van der Waals surface area contributed by atoms with Gasteiger partial charge in [-0.2, -0.15) is 0 Å². The third-order valence-electron chi connectivity index (χ3n) is 4.70. The topological polar surface area (TPSA) is 72.9 Å². The number of rotatable bonds is 7. The molecule has 1 aromatic carbocycles. The first-order chi connectivity index (χ1) is 12.3. The van der Waals surface area contributed by atoms with E-state index in [0.29, 0.717) is 26.1 Å². The third kappa shape index (κ3) is 6.11.